The van der Waals surface area contributed by atoms with Crippen LogP contribution in [-0.2, 0) is 0 Å². The minimum Gasteiger partial charge on any atom is -0.490 e. The molecule has 5 nitrogen and oxygen atoms in total. The van der Waals surface area contributed by atoms with Crippen molar-refractivity contribution in [3.63, 3.8) is 0 Å². The van der Waals surface area contributed by atoms with Crippen molar-refractivity contribution in [2.75, 3.05) is 6.61 Å². The second kappa shape index (κ2) is 6.70. The molecule has 7 heteroatoms. The van der Waals surface area contributed by atoms with E-state index in [2.05, 4.69) is 20.9 Å². The number of ether oxygens (including phenoxy) is 2. The second-order valence-corrected chi connectivity index (χ2v) is 6.05. The molecule has 0 aliphatic heterocycles. The van der Waals surface area contributed by atoms with Crippen molar-refractivity contribution in [1.82, 2.24) is 4.98 Å². The molecule has 1 aromatic heterocycles. The van der Waals surface area contributed by atoms with E-state index in [9.17, 15) is 4.79 Å². The Bertz CT molecular complexity index is 721. The summed E-state index contributed by atoms with van der Waals surface area (Å²) in [7, 11) is 0. The van der Waals surface area contributed by atoms with Crippen LogP contribution in [0.1, 0.15) is 27.2 Å². The fourth-order valence-electron chi connectivity index (χ4n) is 1.59. The van der Waals surface area contributed by atoms with Crippen molar-refractivity contribution in [2.24, 2.45) is 0 Å². The summed E-state index contributed by atoms with van der Waals surface area (Å²) in [4.78, 5) is 16.5. The molecule has 0 bridgehead atoms. The minimum absolute atomic E-state index is 0.256. The number of hydrogen-bond acceptors (Lipinski definition) is 6. The topological polar surface area (TPSA) is 72.2 Å². The zero-order valence-corrected chi connectivity index (χ0v) is 13.7. The number of thiazole rings is 1. The molecule has 0 atom stereocenters. The predicted octanol–water partition coefficient (Wildman–Crippen LogP) is 3.70. The van der Waals surface area contributed by atoms with Gasteiger partial charge in [0.15, 0.2) is 11.5 Å². The number of aromatic nitrogens is 1. The summed E-state index contributed by atoms with van der Waals surface area (Å²) in [5.41, 5.74) is 0.416. The monoisotopic (exact) mass is 366 g/mol. The Morgan fingerprint density at radius 2 is 2.29 bits per heavy atom. The molecule has 0 fully saturated rings. The standard InChI is InChI=1S/C14H11BrN2O3S/c1-3-19-11-5-9(6-16)4-10(15)13(11)20-14(18)12-7-17-8(2)21-12/h4-5,7H,3H2,1-2H3. The Labute approximate surface area is 134 Å². The van der Waals surface area contributed by atoms with Crippen LogP contribution < -0.4 is 9.47 Å². The van der Waals surface area contributed by atoms with E-state index in [4.69, 9.17) is 14.7 Å². The van der Waals surface area contributed by atoms with Crippen LogP contribution in [0.3, 0.4) is 0 Å². The van der Waals surface area contributed by atoms with Crippen molar-refractivity contribution < 1.29 is 14.3 Å². The molecule has 1 heterocycles. The Balaban J connectivity index is 2.34. The molecule has 0 N–H and O–H groups in total. The highest BCUT2D eigenvalue weighted by molar-refractivity contribution is 9.10. The molecule has 21 heavy (non-hydrogen) atoms. The van der Waals surface area contributed by atoms with E-state index < -0.39 is 5.97 Å². The first-order valence-electron chi connectivity index (χ1n) is 6.06. The van der Waals surface area contributed by atoms with Gasteiger partial charge in [-0.05, 0) is 35.8 Å². The SMILES string of the molecule is CCOc1cc(C#N)cc(Br)c1OC(=O)c1cnc(C)s1. The van der Waals surface area contributed by atoms with Gasteiger partial charge in [-0.25, -0.2) is 9.78 Å². The lowest BCUT2D eigenvalue weighted by Crippen LogP contribution is -2.08. The highest BCUT2D eigenvalue weighted by Crippen LogP contribution is 2.37. The average Bonchev–Trinajstić information content (AvgIpc) is 2.89. The van der Waals surface area contributed by atoms with E-state index >= 15 is 0 Å². The second-order valence-electron chi connectivity index (χ2n) is 3.96. The molecule has 0 aliphatic carbocycles. The average molecular weight is 367 g/mol. The molecule has 2 rings (SSSR count). The number of aryl methyl sites for hydroxylation is 1. The Kier molecular flexibility index (Phi) is 4.94. The van der Waals surface area contributed by atoms with E-state index in [1.54, 1.807) is 6.07 Å². The van der Waals surface area contributed by atoms with E-state index in [1.165, 1.54) is 23.6 Å². The molecule has 0 saturated carbocycles. The normalized spacial score (nSPS) is 10.0. The summed E-state index contributed by atoms with van der Waals surface area (Å²) < 4.78 is 11.3. The third-order valence-corrected chi connectivity index (χ3v) is 3.94. The number of nitriles is 1. The van der Waals surface area contributed by atoms with Gasteiger partial charge < -0.3 is 9.47 Å². The summed E-state index contributed by atoms with van der Waals surface area (Å²) in [5.74, 6) is 0.0943. The summed E-state index contributed by atoms with van der Waals surface area (Å²) in [6.45, 7) is 4.02. The van der Waals surface area contributed by atoms with E-state index in [0.29, 0.717) is 27.3 Å². The summed E-state index contributed by atoms with van der Waals surface area (Å²) >= 11 is 4.55. The maximum Gasteiger partial charge on any atom is 0.355 e. The van der Waals surface area contributed by atoms with Crippen LogP contribution in [0.5, 0.6) is 11.5 Å². The maximum atomic E-state index is 12.1. The van der Waals surface area contributed by atoms with Crippen molar-refractivity contribution in [1.29, 1.82) is 5.26 Å². The molecule has 108 valence electrons. The number of benzene rings is 1. The summed E-state index contributed by atoms with van der Waals surface area (Å²) in [5, 5.41) is 9.75. The number of hydrogen-bond donors (Lipinski definition) is 0. The number of carbonyl (C=O) groups excluding carboxylic acids is 1. The quantitative estimate of drug-likeness (QED) is 0.609. The highest BCUT2D eigenvalue weighted by atomic mass is 79.9. The van der Waals surface area contributed by atoms with Gasteiger partial charge in [0.1, 0.15) is 4.88 Å². The first kappa shape index (κ1) is 15.5. The van der Waals surface area contributed by atoms with Gasteiger partial charge in [-0.1, -0.05) is 0 Å². The molecule has 0 unspecified atom stereocenters. The van der Waals surface area contributed by atoms with Gasteiger partial charge in [0.2, 0.25) is 0 Å². The molecular formula is C14H11BrN2O3S. The Hall–Kier alpha value is -1.91. The fraction of sp³-hybridized carbons (Fsp3) is 0.214. The Morgan fingerprint density at radius 1 is 1.52 bits per heavy atom. The first-order valence-corrected chi connectivity index (χ1v) is 7.67. The van der Waals surface area contributed by atoms with Gasteiger partial charge in [0.05, 0.1) is 33.9 Å². The van der Waals surface area contributed by atoms with E-state index in [1.807, 2.05) is 19.9 Å². The number of rotatable bonds is 4. The maximum absolute atomic E-state index is 12.1. The van der Waals surface area contributed by atoms with Gasteiger partial charge in [0.25, 0.3) is 0 Å². The number of nitrogens with zero attached hydrogens (tertiary/aromatic N) is 2. The van der Waals surface area contributed by atoms with Crippen LogP contribution in [-0.4, -0.2) is 17.6 Å². The lowest BCUT2D eigenvalue weighted by Gasteiger charge is -2.12. The zero-order valence-electron chi connectivity index (χ0n) is 11.3. The van der Waals surface area contributed by atoms with Gasteiger partial charge >= 0.3 is 5.97 Å². The van der Waals surface area contributed by atoms with Crippen molar-refractivity contribution >= 4 is 33.2 Å². The molecule has 0 amide bonds. The van der Waals surface area contributed by atoms with Gasteiger partial charge in [-0.15, -0.1) is 11.3 Å². The lowest BCUT2D eigenvalue weighted by molar-refractivity contribution is 0.0732. The van der Waals surface area contributed by atoms with Gasteiger partial charge in [-0.3, -0.25) is 0 Å². The van der Waals surface area contributed by atoms with Crippen LogP contribution in [0.2, 0.25) is 0 Å². The molecule has 0 radical (unpaired) electrons. The van der Waals surface area contributed by atoms with Crippen molar-refractivity contribution in [3.05, 3.63) is 38.3 Å². The smallest absolute Gasteiger partial charge is 0.355 e. The van der Waals surface area contributed by atoms with E-state index in [-0.39, 0.29) is 5.75 Å². The highest BCUT2D eigenvalue weighted by Gasteiger charge is 2.18. The number of esters is 1. The van der Waals surface area contributed by atoms with Gasteiger partial charge in [-0.2, -0.15) is 5.26 Å². The Morgan fingerprint density at radius 3 is 2.86 bits per heavy atom. The minimum atomic E-state index is -0.507. The van der Waals surface area contributed by atoms with Crippen LogP contribution in [0, 0.1) is 18.3 Å². The molecule has 0 aliphatic rings. The molecule has 1 aromatic carbocycles. The largest absolute Gasteiger partial charge is 0.490 e. The van der Waals surface area contributed by atoms with Crippen LogP contribution in [0.4, 0.5) is 0 Å². The summed E-state index contributed by atoms with van der Waals surface area (Å²) in [6.07, 6.45) is 1.47. The van der Waals surface area contributed by atoms with Crippen molar-refractivity contribution in [2.45, 2.75) is 13.8 Å². The summed E-state index contributed by atoms with van der Waals surface area (Å²) in [6, 6.07) is 5.13. The third-order valence-electron chi connectivity index (χ3n) is 2.46. The molecule has 2 aromatic rings. The number of halogens is 1. The van der Waals surface area contributed by atoms with Crippen LogP contribution in [0.15, 0.2) is 22.8 Å². The lowest BCUT2D eigenvalue weighted by atomic mass is 10.2. The number of carbonyl (C=O) groups is 1. The molecular weight excluding hydrogens is 356 g/mol. The van der Waals surface area contributed by atoms with E-state index in [0.717, 1.165) is 5.01 Å². The van der Waals surface area contributed by atoms with Crippen molar-refractivity contribution in [3.8, 4) is 17.6 Å². The molecule has 0 saturated heterocycles. The molecule has 0 spiro atoms. The van der Waals surface area contributed by atoms with Gasteiger partial charge in [0, 0.05) is 6.07 Å². The van der Waals surface area contributed by atoms with Crippen LogP contribution >= 0.6 is 27.3 Å². The zero-order chi connectivity index (χ0) is 15.4. The van der Waals surface area contributed by atoms with Crippen LogP contribution in [0.25, 0.3) is 0 Å². The first-order chi connectivity index (χ1) is 10.0. The predicted molar refractivity (Wildman–Crippen MR) is 81.8 cm³/mol. The third kappa shape index (κ3) is 3.60. The fourth-order valence-corrected chi connectivity index (χ4v) is 2.77.